The minimum atomic E-state index is -0.779. The van der Waals surface area contributed by atoms with E-state index in [2.05, 4.69) is 26.6 Å². The normalized spacial score (nSPS) is 11.8. The van der Waals surface area contributed by atoms with E-state index in [1.807, 2.05) is 20.8 Å². The molecule has 0 aromatic rings. The Labute approximate surface area is 174 Å². The van der Waals surface area contributed by atoms with Gasteiger partial charge in [-0.3, -0.25) is 14.4 Å². The van der Waals surface area contributed by atoms with Crippen LogP contribution in [0.4, 0.5) is 0 Å². The SMILES string of the molecule is CCNCCNC(=O)CCC(NC(=O)CCCC(C)=O)C(=O)NCCNC(C)C. The van der Waals surface area contributed by atoms with Gasteiger partial charge in [0.2, 0.25) is 17.7 Å². The number of Topliss-reactive ketones (excluding diaryl/α,β-unsaturated/α-hetero) is 1. The molecule has 0 aliphatic heterocycles. The highest BCUT2D eigenvalue weighted by Crippen LogP contribution is 2.02. The summed E-state index contributed by atoms with van der Waals surface area (Å²) >= 11 is 0. The van der Waals surface area contributed by atoms with Crippen molar-refractivity contribution < 1.29 is 19.2 Å². The number of hydrogen-bond donors (Lipinski definition) is 5. The number of rotatable bonds is 17. The lowest BCUT2D eigenvalue weighted by Gasteiger charge is -2.19. The molecule has 0 aromatic heterocycles. The van der Waals surface area contributed by atoms with E-state index in [0.29, 0.717) is 45.1 Å². The summed E-state index contributed by atoms with van der Waals surface area (Å²) in [6, 6.07) is -0.465. The Balaban J connectivity index is 4.52. The summed E-state index contributed by atoms with van der Waals surface area (Å²) in [6.45, 7) is 10.6. The summed E-state index contributed by atoms with van der Waals surface area (Å²) in [6.07, 6.45) is 1.31. The average Bonchev–Trinajstić information content (AvgIpc) is 2.65. The molecule has 0 aliphatic carbocycles. The van der Waals surface area contributed by atoms with E-state index in [1.54, 1.807) is 0 Å². The van der Waals surface area contributed by atoms with Crippen molar-refractivity contribution in [3.63, 3.8) is 0 Å². The highest BCUT2D eigenvalue weighted by molar-refractivity contribution is 5.88. The van der Waals surface area contributed by atoms with Crippen LogP contribution in [0.15, 0.2) is 0 Å². The number of nitrogens with one attached hydrogen (secondary N) is 5. The third-order valence-corrected chi connectivity index (χ3v) is 4.10. The third-order valence-electron chi connectivity index (χ3n) is 4.10. The molecule has 3 amide bonds. The first-order valence-electron chi connectivity index (χ1n) is 10.5. The molecule has 1 unspecified atom stereocenters. The van der Waals surface area contributed by atoms with Gasteiger partial charge in [0.05, 0.1) is 0 Å². The molecule has 0 fully saturated rings. The zero-order chi connectivity index (χ0) is 22.1. The van der Waals surface area contributed by atoms with Crippen LogP contribution >= 0.6 is 0 Å². The largest absolute Gasteiger partial charge is 0.355 e. The fourth-order valence-electron chi connectivity index (χ4n) is 2.53. The Morgan fingerprint density at radius 2 is 1.52 bits per heavy atom. The van der Waals surface area contributed by atoms with Crippen LogP contribution < -0.4 is 26.6 Å². The van der Waals surface area contributed by atoms with E-state index >= 15 is 0 Å². The van der Waals surface area contributed by atoms with Crippen molar-refractivity contribution in [3.8, 4) is 0 Å². The highest BCUT2D eigenvalue weighted by Gasteiger charge is 2.21. The van der Waals surface area contributed by atoms with Gasteiger partial charge in [-0.1, -0.05) is 20.8 Å². The monoisotopic (exact) mass is 413 g/mol. The molecular formula is C20H39N5O4. The number of hydrogen-bond acceptors (Lipinski definition) is 6. The molecule has 0 spiro atoms. The molecule has 168 valence electrons. The van der Waals surface area contributed by atoms with Gasteiger partial charge in [0, 0.05) is 51.5 Å². The fraction of sp³-hybridized carbons (Fsp3) is 0.800. The van der Waals surface area contributed by atoms with E-state index in [1.165, 1.54) is 6.92 Å². The van der Waals surface area contributed by atoms with Crippen LogP contribution in [0.5, 0.6) is 0 Å². The molecule has 0 aromatic carbocycles. The second kappa shape index (κ2) is 16.9. The summed E-state index contributed by atoms with van der Waals surface area (Å²) in [5, 5.41) is 14.6. The second-order valence-electron chi connectivity index (χ2n) is 7.32. The van der Waals surface area contributed by atoms with Gasteiger partial charge in [-0.2, -0.15) is 0 Å². The minimum absolute atomic E-state index is 0.0268. The maximum absolute atomic E-state index is 12.5. The van der Waals surface area contributed by atoms with Crippen LogP contribution in [0.25, 0.3) is 0 Å². The molecule has 5 N–H and O–H groups in total. The van der Waals surface area contributed by atoms with Gasteiger partial charge < -0.3 is 31.4 Å². The number of ketones is 1. The van der Waals surface area contributed by atoms with Crippen LogP contribution in [0.2, 0.25) is 0 Å². The summed E-state index contributed by atoms with van der Waals surface area (Å²) in [4.78, 5) is 47.6. The van der Waals surface area contributed by atoms with Crippen molar-refractivity contribution in [2.45, 2.75) is 71.9 Å². The smallest absolute Gasteiger partial charge is 0.242 e. The van der Waals surface area contributed by atoms with Crippen molar-refractivity contribution in [2.24, 2.45) is 0 Å². The van der Waals surface area contributed by atoms with E-state index < -0.39 is 6.04 Å². The third kappa shape index (κ3) is 16.6. The molecule has 0 radical (unpaired) electrons. The van der Waals surface area contributed by atoms with Crippen molar-refractivity contribution in [3.05, 3.63) is 0 Å². The lowest BCUT2D eigenvalue weighted by molar-refractivity contribution is -0.130. The number of amides is 3. The lowest BCUT2D eigenvalue weighted by atomic mass is 10.1. The Bertz CT molecular complexity index is 511. The van der Waals surface area contributed by atoms with E-state index in [9.17, 15) is 19.2 Å². The molecule has 29 heavy (non-hydrogen) atoms. The molecule has 0 heterocycles. The van der Waals surface area contributed by atoms with E-state index in [0.717, 1.165) is 6.54 Å². The topological polar surface area (TPSA) is 128 Å². The standard InChI is InChI=1S/C20H39N5O4/c1-5-21-11-12-23-18(27)10-9-17(20(29)24-14-13-22-15(2)3)25-19(28)8-6-7-16(4)26/h15,17,21-22H,5-14H2,1-4H3,(H,23,27)(H,24,29)(H,25,28). The van der Waals surface area contributed by atoms with E-state index in [-0.39, 0.29) is 42.8 Å². The fourth-order valence-corrected chi connectivity index (χ4v) is 2.53. The van der Waals surface area contributed by atoms with Crippen LogP contribution in [-0.2, 0) is 19.2 Å². The quantitative estimate of drug-likeness (QED) is 0.211. The summed E-state index contributed by atoms with van der Waals surface area (Å²) in [5.41, 5.74) is 0. The Morgan fingerprint density at radius 1 is 0.828 bits per heavy atom. The zero-order valence-electron chi connectivity index (χ0n) is 18.4. The van der Waals surface area contributed by atoms with Crippen molar-refractivity contribution in [2.75, 3.05) is 32.7 Å². The molecular weight excluding hydrogens is 374 g/mol. The van der Waals surface area contributed by atoms with Gasteiger partial charge in [0.15, 0.2) is 0 Å². The van der Waals surface area contributed by atoms with Crippen molar-refractivity contribution in [1.29, 1.82) is 0 Å². The van der Waals surface area contributed by atoms with Crippen LogP contribution in [-0.4, -0.2) is 68.3 Å². The summed E-state index contributed by atoms with van der Waals surface area (Å²) < 4.78 is 0. The van der Waals surface area contributed by atoms with Crippen LogP contribution in [0.1, 0.15) is 59.8 Å². The maximum Gasteiger partial charge on any atom is 0.242 e. The molecule has 0 aliphatic rings. The van der Waals surface area contributed by atoms with Gasteiger partial charge in [-0.05, 0) is 26.3 Å². The molecule has 0 saturated heterocycles. The van der Waals surface area contributed by atoms with Gasteiger partial charge in [-0.15, -0.1) is 0 Å². The molecule has 9 nitrogen and oxygen atoms in total. The van der Waals surface area contributed by atoms with Gasteiger partial charge in [0.1, 0.15) is 11.8 Å². The van der Waals surface area contributed by atoms with Gasteiger partial charge >= 0.3 is 0 Å². The first kappa shape index (κ1) is 27.0. The van der Waals surface area contributed by atoms with Crippen molar-refractivity contribution in [1.82, 2.24) is 26.6 Å². The maximum atomic E-state index is 12.5. The zero-order valence-corrected chi connectivity index (χ0v) is 18.4. The second-order valence-corrected chi connectivity index (χ2v) is 7.32. The number of likely N-dealkylation sites (N-methyl/N-ethyl adjacent to an activating group) is 1. The molecule has 9 heteroatoms. The minimum Gasteiger partial charge on any atom is -0.355 e. The predicted octanol–water partition coefficient (Wildman–Crippen LogP) is -0.149. The molecule has 1 atom stereocenters. The first-order valence-corrected chi connectivity index (χ1v) is 10.5. The molecule has 0 rings (SSSR count). The predicted molar refractivity (Wildman–Crippen MR) is 113 cm³/mol. The van der Waals surface area contributed by atoms with Gasteiger partial charge in [-0.25, -0.2) is 0 Å². The number of carbonyl (C=O) groups is 4. The van der Waals surface area contributed by atoms with Gasteiger partial charge in [0.25, 0.3) is 0 Å². The van der Waals surface area contributed by atoms with Crippen LogP contribution in [0.3, 0.4) is 0 Å². The van der Waals surface area contributed by atoms with Crippen LogP contribution in [0, 0.1) is 0 Å². The first-order chi connectivity index (χ1) is 13.8. The average molecular weight is 414 g/mol. The Hall–Kier alpha value is -2.00. The van der Waals surface area contributed by atoms with E-state index in [4.69, 9.17) is 0 Å². The summed E-state index contributed by atoms with van der Waals surface area (Å²) in [5.74, 6) is -0.734. The summed E-state index contributed by atoms with van der Waals surface area (Å²) in [7, 11) is 0. The molecule has 0 bridgehead atoms. The highest BCUT2D eigenvalue weighted by atomic mass is 16.2. The Kier molecular flexibility index (Phi) is 15.7. The lowest BCUT2D eigenvalue weighted by Crippen LogP contribution is -2.48. The number of carbonyl (C=O) groups excluding carboxylic acids is 4. The van der Waals surface area contributed by atoms with Crippen molar-refractivity contribution >= 4 is 23.5 Å². The molecule has 0 saturated carbocycles. The Morgan fingerprint density at radius 3 is 2.14 bits per heavy atom.